The first-order valence-corrected chi connectivity index (χ1v) is 7.45. The summed E-state index contributed by atoms with van der Waals surface area (Å²) in [6, 6.07) is 6.84. The van der Waals surface area contributed by atoms with Crippen LogP contribution >= 0.6 is 23.2 Å². The molecule has 126 valence electrons. The molecule has 0 fully saturated rings. The van der Waals surface area contributed by atoms with Crippen LogP contribution in [-0.4, -0.2) is 18.0 Å². The first-order valence-electron chi connectivity index (χ1n) is 6.70. The van der Waals surface area contributed by atoms with Crippen LogP contribution in [0.25, 0.3) is 0 Å². The van der Waals surface area contributed by atoms with Crippen molar-refractivity contribution in [1.29, 1.82) is 0 Å². The molecule has 1 atom stereocenters. The minimum atomic E-state index is -1.23. The molecule has 24 heavy (non-hydrogen) atoms. The minimum absolute atomic E-state index is 0.0358. The van der Waals surface area contributed by atoms with Crippen LogP contribution < -0.4 is 5.32 Å². The zero-order valence-electron chi connectivity index (χ0n) is 12.3. The molecule has 0 aliphatic carbocycles. The average molecular weight is 374 g/mol. The minimum Gasteiger partial charge on any atom is -0.449 e. The summed E-state index contributed by atoms with van der Waals surface area (Å²) in [6.07, 6.45) is -1.23. The van der Waals surface area contributed by atoms with E-state index < -0.39 is 29.6 Å². The van der Waals surface area contributed by atoms with E-state index in [1.54, 1.807) is 0 Å². The summed E-state index contributed by atoms with van der Waals surface area (Å²) in [6.45, 7) is 1.30. The van der Waals surface area contributed by atoms with Crippen molar-refractivity contribution >= 4 is 40.8 Å². The standard InChI is InChI=1S/C16H11Cl2F2NO3/c1-8(15(22)21-14-5-3-10(19)7-13(14)20)24-16(23)11-4-2-9(17)6-12(11)18/h2-8H,1H3,(H,21,22)/t8-/m0/s1. The number of carbonyl (C=O) groups excluding carboxylic acids is 2. The lowest BCUT2D eigenvalue weighted by atomic mass is 10.2. The first-order chi connectivity index (χ1) is 11.3. The molecule has 0 aromatic heterocycles. The molecule has 0 saturated carbocycles. The van der Waals surface area contributed by atoms with Gasteiger partial charge in [-0.1, -0.05) is 23.2 Å². The first kappa shape index (κ1) is 18.2. The molecule has 0 bridgehead atoms. The van der Waals surface area contributed by atoms with Gasteiger partial charge in [0.15, 0.2) is 6.10 Å². The predicted molar refractivity (Wildman–Crippen MR) is 86.3 cm³/mol. The summed E-state index contributed by atoms with van der Waals surface area (Å²) in [7, 11) is 0. The van der Waals surface area contributed by atoms with Crippen LogP contribution in [0.1, 0.15) is 17.3 Å². The van der Waals surface area contributed by atoms with E-state index in [4.69, 9.17) is 27.9 Å². The number of carbonyl (C=O) groups is 2. The Hall–Kier alpha value is -2.18. The number of hydrogen-bond donors (Lipinski definition) is 1. The largest absolute Gasteiger partial charge is 0.449 e. The highest BCUT2D eigenvalue weighted by Gasteiger charge is 2.21. The molecule has 2 aromatic carbocycles. The lowest BCUT2D eigenvalue weighted by molar-refractivity contribution is -0.123. The molecular weight excluding hydrogens is 363 g/mol. The molecular formula is C16H11Cl2F2NO3. The van der Waals surface area contributed by atoms with E-state index in [1.165, 1.54) is 25.1 Å². The van der Waals surface area contributed by atoms with Crippen molar-refractivity contribution in [3.05, 3.63) is 63.6 Å². The molecule has 0 radical (unpaired) electrons. The van der Waals surface area contributed by atoms with Gasteiger partial charge in [0.1, 0.15) is 11.6 Å². The fourth-order valence-corrected chi connectivity index (χ4v) is 2.24. The van der Waals surface area contributed by atoms with Crippen LogP contribution in [0.4, 0.5) is 14.5 Å². The van der Waals surface area contributed by atoms with E-state index in [0.29, 0.717) is 11.1 Å². The fourth-order valence-electron chi connectivity index (χ4n) is 1.76. The number of benzene rings is 2. The second-order valence-corrected chi connectivity index (χ2v) is 5.63. The van der Waals surface area contributed by atoms with E-state index >= 15 is 0 Å². The molecule has 2 aromatic rings. The molecule has 0 aliphatic rings. The molecule has 1 N–H and O–H groups in total. The van der Waals surface area contributed by atoms with E-state index in [0.717, 1.165) is 12.1 Å². The smallest absolute Gasteiger partial charge is 0.340 e. The van der Waals surface area contributed by atoms with E-state index in [1.807, 2.05) is 0 Å². The van der Waals surface area contributed by atoms with Crippen LogP contribution in [0.3, 0.4) is 0 Å². The summed E-state index contributed by atoms with van der Waals surface area (Å²) >= 11 is 11.6. The van der Waals surface area contributed by atoms with Gasteiger partial charge in [0.05, 0.1) is 16.3 Å². The van der Waals surface area contributed by atoms with Crippen LogP contribution in [0, 0.1) is 11.6 Å². The SMILES string of the molecule is C[C@H](OC(=O)c1ccc(Cl)cc1Cl)C(=O)Nc1ccc(F)cc1F. The van der Waals surface area contributed by atoms with E-state index in [2.05, 4.69) is 5.32 Å². The Balaban J connectivity index is 2.04. The number of ether oxygens (including phenoxy) is 1. The summed E-state index contributed by atoms with van der Waals surface area (Å²) in [5.41, 5.74) is -0.192. The number of anilines is 1. The van der Waals surface area contributed by atoms with Gasteiger partial charge in [-0.15, -0.1) is 0 Å². The molecule has 2 rings (SSSR count). The third-order valence-electron chi connectivity index (χ3n) is 2.99. The Morgan fingerprint density at radius 2 is 1.83 bits per heavy atom. The van der Waals surface area contributed by atoms with Gasteiger partial charge in [-0.3, -0.25) is 4.79 Å². The second kappa shape index (κ2) is 7.59. The highest BCUT2D eigenvalue weighted by molar-refractivity contribution is 6.36. The number of halogens is 4. The van der Waals surface area contributed by atoms with Gasteiger partial charge in [0.2, 0.25) is 0 Å². The lowest BCUT2D eigenvalue weighted by Crippen LogP contribution is -2.30. The molecule has 0 saturated heterocycles. The highest BCUT2D eigenvalue weighted by Crippen LogP contribution is 2.22. The van der Waals surface area contributed by atoms with Crippen LogP contribution in [0.5, 0.6) is 0 Å². The second-order valence-electron chi connectivity index (χ2n) is 4.79. The summed E-state index contributed by atoms with van der Waals surface area (Å²) in [5, 5.41) is 2.62. The van der Waals surface area contributed by atoms with Crippen molar-refractivity contribution in [1.82, 2.24) is 0 Å². The molecule has 8 heteroatoms. The third-order valence-corrected chi connectivity index (χ3v) is 3.54. The molecule has 0 spiro atoms. The number of rotatable bonds is 4. The van der Waals surface area contributed by atoms with Crippen molar-refractivity contribution in [3.63, 3.8) is 0 Å². The predicted octanol–water partition coefficient (Wildman–Crippen LogP) is 4.46. The number of hydrogen-bond acceptors (Lipinski definition) is 3. The molecule has 0 aliphatic heterocycles. The van der Waals surface area contributed by atoms with Crippen molar-refractivity contribution in [2.75, 3.05) is 5.32 Å². The van der Waals surface area contributed by atoms with Gasteiger partial charge in [-0.2, -0.15) is 0 Å². The monoisotopic (exact) mass is 373 g/mol. The molecule has 1 amide bonds. The lowest BCUT2D eigenvalue weighted by Gasteiger charge is -2.14. The maximum Gasteiger partial charge on any atom is 0.340 e. The van der Waals surface area contributed by atoms with Crippen LogP contribution in [-0.2, 0) is 9.53 Å². The number of esters is 1. The Kier molecular flexibility index (Phi) is 5.75. The molecule has 4 nitrogen and oxygen atoms in total. The maximum atomic E-state index is 13.5. The Labute approximate surface area is 146 Å². The van der Waals surface area contributed by atoms with Crippen molar-refractivity contribution < 1.29 is 23.1 Å². The number of amides is 1. The van der Waals surface area contributed by atoms with Crippen LogP contribution in [0.15, 0.2) is 36.4 Å². The maximum absolute atomic E-state index is 13.5. The fraction of sp³-hybridized carbons (Fsp3) is 0.125. The Morgan fingerprint density at radius 3 is 2.46 bits per heavy atom. The molecule has 0 heterocycles. The molecule has 0 unspecified atom stereocenters. The number of nitrogens with one attached hydrogen (secondary N) is 1. The van der Waals surface area contributed by atoms with Gasteiger partial charge in [-0.25, -0.2) is 13.6 Å². The van der Waals surface area contributed by atoms with E-state index in [-0.39, 0.29) is 16.3 Å². The van der Waals surface area contributed by atoms with Gasteiger partial charge < -0.3 is 10.1 Å². The average Bonchev–Trinajstić information content (AvgIpc) is 2.49. The van der Waals surface area contributed by atoms with Crippen LogP contribution in [0.2, 0.25) is 10.0 Å². The zero-order chi connectivity index (χ0) is 17.9. The quantitative estimate of drug-likeness (QED) is 0.805. The highest BCUT2D eigenvalue weighted by atomic mass is 35.5. The van der Waals surface area contributed by atoms with E-state index in [9.17, 15) is 18.4 Å². The Bertz CT molecular complexity index is 799. The Morgan fingerprint density at radius 1 is 1.12 bits per heavy atom. The summed E-state index contributed by atoms with van der Waals surface area (Å²) in [4.78, 5) is 24.0. The topological polar surface area (TPSA) is 55.4 Å². The summed E-state index contributed by atoms with van der Waals surface area (Å²) < 4.78 is 31.3. The van der Waals surface area contributed by atoms with Gasteiger partial charge in [0, 0.05) is 11.1 Å². The summed E-state index contributed by atoms with van der Waals surface area (Å²) in [5.74, 6) is -3.33. The van der Waals surface area contributed by atoms with Crippen molar-refractivity contribution in [2.24, 2.45) is 0 Å². The van der Waals surface area contributed by atoms with Crippen molar-refractivity contribution in [2.45, 2.75) is 13.0 Å². The third kappa shape index (κ3) is 4.43. The van der Waals surface area contributed by atoms with Crippen molar-refractivity contribution in [3.8, 4) is 0 Å². The van der Waals surface area contributed by atoms with Gasteiger partial charge in [0.25, 0.3) is 5.91 Å². The zero-order valence-corrected chi connectivity index (χ0v) is 13.8. The van der Waals surface area contributed by atoms with Gasteiger partial charge >= 0.3 is 5.97 Å². The van der Waals surface area contributed by atoms with Gasteiger partial charge in [-0.05, 0) is 37.3 Å². The normalized spacial score (nSPS) is 11.7.